The van der Waals surface area contributed by atoms with Crippen LogP contribution in [0.4, 0.5) is 0 Å². The molecule has 160 valence electrons. The fourth-order valence-corrected chi connectivity index (χ4v) is 3.70. The van der Waals surface area contributed by atoms with E-state index < -0.39 is 17.4 Å². The zero-order valence-corrected chi connectivity index (χ0v) is 18.5. The summed E-state index contributed by atoms with van der Waals surface area (Å²) in [5, 5.41) is 12.1. The lowest BCUT2D eigenvalue weighted by molar-refractivity contribution is -0.143. The topological polar surface area (TPSA) is 92.7 Å². The number of ether oxygens (including phenoxy) is 1. The van der Waals surface area contributed by atoms with Crippen LogP contribution in [0.5, 0.6) is 0 Å². The predicted molar refractivity (Wildman–Crippen MR) is 109 cm³/mol. The highest BCUT2D eigenvalue weighted by molar-refractivity contribution is 5.99. The van der Waals surface area contributed by atoms with Crippen LogP contribution in [0.25, 0.3) is 0 Å². The Morgan fingerprint density at radius 3 is 1.96 bits per heavy atom. The fraction of sp³-hybridized carbons (Fsp3) is 0.773. The molecule has 0 heterocycles. The van der Waals surface area contributed by atoms with Crippen molar-refractivity contribution in [2.45, 2.75) is 80.6 Å². The molecular formula is C22H37NO5. The standard InChI is InChI=1S/C22H37NO5/c1-20(2,3)14-22(7,21(4,5)6)19(27)23-12-13-28-18(26)16-11-9-8-10-15(16)17(24)25/h8-14H2,1-7H3,(H,23,27)(H,24,25). The van der Waals surface area contributed by atoms with Crippen molar-refractivity contribution < 1.29 is 24.2 Å². The summed E-state index contributed by atoms with van der Waals surface area (Å²) in [6.45, 7) is 14.7. The first kappa shape index (κ1) is 24.2. The van der Waals surface area contributed by atoms with Crippen LogP contribution in [0.2, 0.25) is 0 Å². The molecular weight excluding hydrogens is 358 g/mol. The summed E-state index contributed by atoms with van der Waals surface area (Å²) in [5.41, 5.74) is -0.391. The van der Waals surface area contributed by atoms with E-state index in [1.54, 1.807) is 0 Å². The third-order valence-electron chi connectivity index (χ3n) is 5.63. The Labute approximate surface area is 169 Å². The monoisotopic (exact) mass is 395 g/mol. The molecule has 0 aromatic carbocycles. The van der Waals surface area contributed by atoms with Gasteiger partial charge in [0.05, 0.1) is 12.0 Å². The van der Waals surface area contributed by atoms with Crippen molar-refractivity contribution in [2.24, 2.45) is 16.2 Å². The minimum Gasteiger partial charge on any atom is -0.478 e. The van der Waals surface area contributed by atoms with Crippen LogP contribution < -0.4 is 5.32 Å². The summed E-state index contributed by atoms with van der Waals surface area (Å²) >= 11 is 0. The first-order chi connectivity index (χ1) is 12.7. The lowest BCUT2D eigenvalue weighted by atomic mass is 9.61. The third-order valence-corrected chi connectivity index (χ3v) is 5.63. The number of aliphatic carboxylic acids is 1. The Bertz CT molecular complexity index is 636. The average molecular weight is 396 g/mol. The maximum Gasteiger partial charge on any atom is 0.334 e. The van der Waals surface area contributed by atoms with Gasteiger partial charge in [-0.15, -0.1) is 0 Å². The van der Waals surface area contributed by atoms with Gasteiger partial charge in [-0.3, -0.25) is 4.79 Å². The number of nitrogens with one attached hydrogen (secondary N) is 1. The Hall–Kier alpha value is -1.85. The van der Waals surface area contributed by atoms with Gasteiger partial charge in [0.15, 0.2) is 0 Å². The second kappa shape index (κ2) is 9.10. The zero-order valence-electron chi connectivity index (χ0n) is 18.5. The molecule has 28 heavy (non-hydrogen) atoms. The van der Waals surface area contributed by atoms with Crippen LogP contribution in [0.15, 0.2) is 11.1 Å². The molecule has 1 atom stereocenters. The quantitative estimate of drug-likeness (QED) is 0.500. The summed E-state index contributed by atoms with van der Waals surface area (Å²) in [4.78, 5) is 36.5. The highest BCUT2D eigenvalue weighted by Gasteiger charge is 2.46. The molecule has 0 saturated carbocycles. The van der Waals surface area contributed by atoms with E-state index >= 15 is 0 Å². The van der Waals surface area contributed by atoms with Gasteiger partial charge >= 0.3 is 11.9 Å². The zero-order chi connectivity index (χ0) is 21.8. The van der Waals surface area contributed by atoms with E-state index in [1.165, 1.54) is 0 Å². The Morgan fingerprint density at radius 1 is 0.964 bits per heavy atom. The van der Waals surface area contributed by atoms with Crippen molar-refractivity contribution >= 4 is 17.8 Å². The van der Waals surface area contributed by atoms with E-state index in [2.05, 4.69) is 46.9 Å². The fourth-order valence-electron chi connectivity index (χ4n) is 3.70. The number of carbonyl (C=O) groups excluding carboxylic acids is 2. The molecule has 1 unspecified atom stereocenters. The molecule has 1 amide bonds. The summed E-state index contributed by atoms with van der Waals surface area (Å²) in [7, 11) is 0. The van der Waals surface area contributed by atoms with Gasteiger partial charge in [0.2, 0.25) is 5.91 Å². The molecule has 1 rings (SSSR count). The van der Waals surface area contributed by atoms with Crippen LogP contribution in [0.3, 0.4) is 0 Å². The first-order valence-corrected chi connectivity index (χ1v) is 10.1. The normalized spacial score (nSPS) is 17.7. The van der Waals surface area contributed by atoms with Gasteiger partial charge in [0.1, 0.15) is 6.61 Å². The van der Waals surface area contributed by atoms with Crippen LogP contribution in [0, 0.1) is 16.2 Å². The Morgan fingerprint density at radius 2 is 1.50 bits per heavy atom. The lowest BCUT2D eigenvalue weighted by Crippen LogP contribution is -2.49. The largest absolute Gasteiger partial charge is 0.478 e. The summed E-state index contributed by atoms with van der Waals surface area (Å²) < 4.78 is 5.24. The first-order valence-electron chi connectivity index (χ1n) is 10.1. The van der Waals surface area contributed by atoms with E-state index in [0.717, 1.165) is 19.3 Å². The minimum atomic E-state index is -1.05. The van der Waals surface area contributed by atoms with Gasteiger partial charge in [-0.1, -0.05) is 48.5 Å². The number of amides is 1. The predicted octanol–water partition coefficient (Wildman–Crippen LogP) is 4.09. The highest BCUT2D eigenvalue weighted by Crippen LogP contribution is 2.46. The number of carboxylic acids is 1. The van der Waals surface area contributed by atoms with Gasteiger partial charge in [-0.05, 0) is 42.9 Å². The SMILES string of the molecule is CC(C)(C)CC(C)(C(=O)NCCOC(=O)C1=C(C(=O)O)CCCC1)C(C)(C)C. The molecule has 6 heteroatoms. The summed E-state index contributed by atoms with van der Waals surface area (Å²) in [6, 6.07) is 0. The van der Waals surface area contributed by atoms with Crippen LogP contribution in [-0.4, -0.2) is 36.1 Å². The van der Waals surface area contributed by atoms with Gasteiger partial charge in [0.25, 0.3) is 0 Å². The molecule has 1 aliphatic carbocycles. The lowest BCUT2D eigenvalue weighted by Gasteiger charge is -2.44. The van der Waals surface area contributed by atoms with Crippen molar-refractivity contribution in [3.8, 4) is 0 Å². The van der Waals surface area contributed by atoms with E-state index in [0.29, 0.717) is 12.8 Å². The van der Waals surface area contributed by atoms with E-state index in [9.17, 15) is 19.5 Å². The summed E-state index contributed by atoms with van der Waals surface area (Å²) in [5.74, 6) is -1.70. The number of carboxylic acid groups (broad SMARTS) is 1. The smallest absolute Gasteiger partial charge is 0.334 e. The maximum atomic E-state index is 12.9. The second-order valence-electron chi connectivity index (χ2n) is 10.2. The molecule has 0 spiro atoms. The third kappa shape index (κ3) is 6.35. The Balaban J connectivity index is 2.68. The molecule has 0 aromatic rings. The minimum absolute atomic E-state index is 0.00741. The molecule has 6 nitrogen and oxygen atoms in total. The van der Waals surface area contributed by atoms with Crippen LogP contribution in [0.1, 0.15) is 80.6 Å². The molecule has 0 fully saturated rings. The molecule has 0 aromatic heterocycles. The maximum absolute atomic E-state index is 12.9. The van der Waals surface area contributed by atoms with Crippen molar-refractivity contribution in [1.29, 1.82) is 0 Å². The number of rotatable bonds is 7. The molecule has 0 saturated heterocycles. The van der Waals surface area contributed by atoms with Gasteiger partial charge in [-0.2, -0.15) is 0 Å². The highest BCUT2D eigenvalue weighted by atomic mass is 16.5. The van der Waals surface area contributed by atoms with E-state index in [4.69, 9.17) is 4.74 Å². The van der Waals surface area contributed by atoms with Crippen LogP contribution in [-0.2, 0) is 19.1 Å². The number of carbonyl (C=O) groups is 3. The molecule has 0 radical (unpaired) electrons. The number of hydrogen-bond acceptors (Lipinski definition) is 4. The van der Waals surface area contributed by atoms with Crippen molar-refractivity contribution in [3.63, 3.8) is 0 Å². The van der Waals surface area contributed by atoms with Crippen molar-refractivity contribution in [1.82, 2.24) is 5.32 Å². The van der Waals surface area contributed by atoms with E-state index in [-0.39, 0.29) is 41.0 Å². The number of hydrogen-bond donors (Lipinski definition) is 2. The molecule has 1 aliphatic rings. The molecule has 0 bridgehead atoms. The Kier molecular flexibility index (Phi) is 7.86. The van der Waals surface area contributed by atoms with E-state index in [1.807, 2.05) is 6.92 Å². The number of esters is 1. The van der Waals surface area contributed by atoms with Gasteiger partial charge < -0.3 is 15.2 Å². The molecule has 0 aliphatic heterocycles. The van der Waals surface area contributed by atoms with Crippen molar-refractivity contribution in [2.75, 3.05) is 13.2 Å². The van der Waals surface area contributed by atoms with Crippen LogP contribution >= 0.6 is 0 Å². The van der Waals surface area contributed by atoms with Gasteiger partial charge in [-0.25, -0.2) is 9.59 Å². The second-order valence-corrected chi connectivity index (χ2v) is 10.2. The molecule has 2 N–H and O–H groups in total. The summed E-state index contributed by atoms with van der Waals surface area (Å²) in [6.07, 6.45) is 3.11. The van der Waals surface area contributed by atoms with Gasteiger partial charge in [0, 0.05) is 11.1 Å². The average Bonchev–Trinajstić information content (AvgIpc) is 2.55. The van der Waals surface area contributed by atoms with Crippen molar-refractivity contribution in [3.05, 3.63) is 11.1 Å².